The van der Waals surface area contributed by atoms with Crippen molar-refractivity contribution in [1.29, 1.82) is 0 Å². The van der Waals surface area contributed by atoms with Gasteiger partial charge in [0.25, 0.3) is 11.8 Å². The molecule has 0 aliphatic carbocycles. The summed E-state index contributed by atoms with van der Waals surface area (Å²) < 4.78 is 39.3. The summed E-state index contributed by atoms with van der Waals surface area (Å²) in [4.78, 5) is 57.1. The number of anilines is 2. The van der Waals surface area contributed by atoms with Crippen LogP contribution in [0, 0.1) is 0 Å². The van der Waals surface area contributed by atoms with Crippen molar-refractivity contribution in [2.75, 3.05) is 42.9 Å². The van der Waals surface area contributed by atoms with Gasteiger partial charge in [0.1, 0.15) is 33.5 Å². The number of piperazine rings is 1. The van der Waals surface area contributed by atoms with Crippen molar-refractivity contribution in [3.05, 3.63) is 57.0 Å². The second kappa shape index (κ2) is 12.1. The molecule has 17 heteroatoms. The first-order valence-corrected chi connectivity index (χ1v) is 13.0. The third-order valence-corrected chi connectivity index (χ3v) is 7.36. The van der Waals surface area contributed by atoms with Crippen molar-refractivity contribution in [2.45, 2.75) is 19.1 Å². The monoisotopic (exact) mass is 597 g/mol. The second-order valence-corrected chi connectivity index (χ2v) is 10.1. The number of alkyl halides is 3. The van der Waals surface area contributed by atoms with E-state index >= 15 is 0 Å². The lowest BCUT2D eigenvalue weighted by atomic mass is 10.2. The summed E-state index contributed by atoms with van der Waals surface area (Å²) in [5.74, 6) is -1.15. The predicted molar refractivity (Wildman–Crippen MR) is 140 cm³/mol. The van der Waals surface area contributed by atoms with Gasteiger partial charge < -0.3 is 26.2 Å². The maximum Gasteiger partial charge on any atom is 0.418 e. The van der Waals surface area contributed by atoms with Crippen LogP contribution in [-0.4, -0.2) is 75.3 Å². The fourth-order valence-corrected chi connectivity index (χ4v) is 4.81. The molecule has 1 atom stereocenters. The first-order valence-electron chi connectivity index (χ1n) is 11.8. The van der Waals surface area contributed by atoms with E-state index in [4.69, 9.17) is 17.3 Å². The van der Waals surface area contributed by atoms with E-state index in [2.05, 4.69) is 30.6 Å². The molecular formula is C23H23ClF3N9O3S. The zero-order valence-corrected chi connectivity index (χ0v) is 22.5. The first kappa shape index (κ1) is 29.1. The summed E-state index contributed by atoms with van der Waals surface area (Å²) in [5.41, 5.74) is 4.40. The molecule has 40 heavy (non-hydrogen) atoms. The highest BCUT2D eigenvalue weighted by molar-refractivity contribution is 7.13. The number of carbonyl (C=O) groups excluding carboxylic acids is 3. The lowest BCUT2D eigenvalue weighted by Gasteiger charge is -2.35. The molecule has 1 aliphatic rings. The van der Waals surface area contributed by atoms with E-state index in [-0.39, 0.29) is 28.8 Å². The molecule has 0 spiro atoms. The molecule has 0 bridgehead atoms. The molecule has 3 aromatic rings. The van der Waals surface area contributed by atoms with Crippen LogP contribution in [0.5, 0.6) is 0 Å². The highest BCUT2D eigenvalue weighted by Crippen LogP contribution is 2.35. The SMILES string of the molecule is CC(NC(=O)c1cc(N2CCN(C(=O)CN)CC2)ncn1)c1ncc(C(=O)Nc2cc(C(F)(F)F)c(Cl)cn2)s1. The number of hydrogen-bond acceptors (Lipinski definition) is 10. The molecule has 4 heterocycles. The minimum atomic E-state index is -4.71. The minimum absolute atomic E-state index is 0.0520. The highest BCUT2D eigenvalue weighted by Gasteiger charge is 2.34. The summed E-state index contributed by atoms with van der Waals surface area (Å²) in [7, 11) is 0. The van der Waals surface area contributed by atoms with Crippen LogP contribution in [0.3, 0.4) is 0 Å². The number of rotatable bonds is 7. The van der Waals surface area contributed by atoms with Gasteiger partial charge in [0.05, 0.1) is 29.4 Å². The van der Waals surface area contributed by atoms with Gasteiger partial charge in [0.15, 0.2) is 0 Å². The summed E-state index contributed by atoms with van der Waals surface area (Å²) >= 11 is 6.52. The van der Waals surface area contributed by atoms with Crippen LogP contribution in [0.2, 0.25) is 5.02 Å². The summed E-state index contributed by atoms with van der Waals surface area (Å²) in [6, 6.07) is 1.56. The van der Waals surface area contributed by atoms with E-state index in [9.17, 15) is 27.6 Å². The Hall–Kier alpha value is -3.89. The topological polar surface area (TPSA) is 159 Å². The Labute approximate surface area is 234 Å². The number of nitrogens with one attached hydrogen (secondary N) is 2. The molecule has 0 aromatic carbocycles. The molecule has 1 saturated heterocycles. The maximum atomic E-state index is 13.1. The smallest absolute Gasteiger partial charge is 0.353 e. The Morgan fingerprint density at radius 3 is 2.48 bits per heavy atom. The number of thiazole rings is 1. The molecule has 1 unspecified atom stereocenters. The molecule has 1 aliphatic heterocycles. The van der Waals surface area contributed by atoms with Crippen molar-refractivity contribution >= 4 is 52.3 Å². The van der Waals surface area contributed by atoms with Crippen molar-refractivity contribution in [3.63, 3.8) is 0 Å². The number of aromatic nitrogens is 4. The van der Waals surface area contributed by atoms with E-state index in [0.717, 1.165) is 17.5 Å². The Balaban J connectivity index is 1.37. The number of amides is 3. The van der Waals surface area contributed by atoms with E-state index in [1.165, 1.54) is 18.6 Å². The average Bonchev–Trinajstić information content (AvgIpc) is 3.44. The number of hydrogen-bond donors (Lipinski definition) is 3. The third kappa shape index (κ3) is 6.81. The zero-order valence-electron chi connectivity index (χ0n) is 20.9. The van der Waals surface area contributed by atoms with Crippen LogP contribution in [0.4, 0.5) is 24.8 Å². The largest absolute Gasteiger partial charge is 0.418 e. The van der Waals surface area contributed by atoms with Gasteiger partial charge in [-0.3, -0.25) is 14.4 Å². The van der Waals surface area contributed by atoms with Crippen molar-refractivity contribution in [3.8, 4) is 0 Å². The molecular weight excluding hydrogens is 575 g/mol. The van der Waals surface area contributed by atoms with E-state index in [1.807, 2.05) is 4.90 Å². The van der Waals surface area contributed by atoms with E-state index in [0.29, 0.717) is 43.1 Å². The van der Waals surface area contributed by atoms with Crippen LogP contribution in [-0.2, 0) is 11.0 Å². The number of carbonyl (C=O) groups is 3. The normalized spacial score (nSPS) is 14.6. The Kier molecular flexibility index (Phi) is 8.80. The summed E-state index contributed by atoms with van der Waals surface area (Å²) in [6.07, 6.45) is -1.39. The van der Waals surface area contributed by atoms with Crippen LogP contribution in [0.15, 0.2) is 30.9 Å². The third-order valence-electron chi connectivity index (χ3n) is 5.88. The predicted octanol–water partition coefficient (Wildman–Crippen LogP) is 2.35. The molecule has 4 rings (SSSR count). The first-order chi connectivity index (χ1) is 19.0. The fourth-order valence-electron chi connectivity index (χ4n) is 3.79. The highest BCUT2D eigenvalue weighted by atomic mass is 35.5. The Bertz CT molecular complexity index is 1410. The lowest BCUT2D eigenvalue weighted by molar-refractivity contribution is -0.137. The lowest BCUT2D eigenvalue weighted by Crippen LogP contribution is -2.50. The molecule has 212 valence electrons. The Morgan fingerprint density at radius 2 is 1.80 bits per heavy atom. The number of nitrogens with zero attached hydrogens (tertiary/aromatic N) is 6. The molecule has 12 nitrogen and oxygen atoms in total. The van der Waals surface area contributed by atoms with Crippen LogP contribution in [0.1, 0.15) is 43.7 Å². The number of halogens is 4. The zero-order chi connectivity index (χ0) is 29.0. The summed E-state index contributed by atoms with van der Waals surface area (Å²) in [5, 5.41) is 4.84. The standard InChI is InChI=1S/C23H23ClF3N9O3S/c1-12(22-30-10-16(40-22)21(39)34-17-6-13(23(25,26)27)14(24)9-29-17)33-20(38)15-7-18(32-11-31-15)35-2-4-36(5-3-35)19(37)8-28/h6-7,9-12H,2-5,8,28H2,1H3,(H,33,38)(H,29,34,39). The van der Waals surface area contributed by atoms with Crippen LogP contribution >= 0.6 is 22.9 Å². The number of pyridine rings is 1. The van der Waals surface area contributed by atoms with Gasteiger partial charge in [-0.25, -0.2) is 19.9 Å². The maximum absolute atomic E-state index is 13.1. The molecule has 3 aromatic heterocycles. The quantitative estimate of drug-likeness (QED) is 0.371. The van der Waals surface area contributed by atoms with Gasteiger partial charge in [0.2, 0.25) is 5.91 Å². The average molecular weight is 598 g/mol. The van der Waals surface area contributed by atoms with Gasteiger partial charge in [-0.1, -0.05) is 11.6 Å². The fraction of sp³-hybridized carbons (Fsp3) is 0.348. The molecule has 1 fully saturated rings. The molecule has 0 saturated carbocycles. The number of nitrogens with two attached hydrogens (primary N) is 1. The van der Waals surface area contributed by atoms with Gasteiger partial charge in [-0.15, -0.1) is 11.3 Å². The van der Waals surface area contributed by atoms with Gasteiger partial charge in [-0.05, 0) is 13.0 Å². The van der Waals surface area contributed by atoms with Crippen molar-refractivity contribution in [1.82, 2.24) is 30.2 Å². The molecule has 3 amide bonds. The van der Waals surface area contributed by atoms with Gasteiger partial charge in [0, 0.05) is 38.4 Å². The Morgan fingerprint density at radius 1 is 1.07 bits per heavy atom. The van der Waals surface area contributed by atoms with E-state index < -0.39 is 34.6 Å². The van der Waals surface area contributed by atoms with Crippen molar-refractivity contribution in [2.24, 2.45) is 5.73 Å². The summed E-state index contributed by atoms with van der Waals surface area (Å²) in [6.45, 7) is 3.61. The van der Waals surface area contributed by atoms with Crippen LogP contribution in [0.25, 0.3) is 0 Å². The van der Waals surface area contributed by atoms with Crippen molar-refractivity contribution < 1.29 is 27.6 Å². The van der Waals surface area contributed by atoms with E-state index in [1.54, 1.807) is 11.8 Å². The minimum Gasteiger partial charge on any atom is -0.353 e. The van der Waals surface area contributed by atoms with Gasteiger partial charge >= 0.3 is 6.18 Å². The van der Waals surface area contributed by atoms with Crippen LogP contribution < -0.4 is 21.3 Å². The molecule has 0 radical (unpaired) electrons. The molecule has 4 N–H and O–H groups in total. The van der Waals surface area contributed by atoms with Gasteiger partial charge in [-0.2, -0.15) is 13.2 Å². The second-order valence-electron chi connectivity index (χ2n) is 8.59.